The van der Waals surface area contributed by atoms with Gasteiger partial charge in [-0.25, -0.2) is 0 Å². The van der Waals surface area contributed by atoms with Crippen molar-refractivity contribution in [2.75, 3.05) is 7.05 Å². The summed E-state index contributed by atoms with van der Waals surface area (Å²) in [4.78, 5) is 14.1. The van der Waals surface area contributed by atoms with E-state index in [1.54, 1.807) is 0 Å². The van der Waals surface area contributed by atoms with E-state index < -0.39 is 0 Å². The SMILES string of the molecule is CN(C(=O)c1csc(Br)c1)C1CCCCC1Cl. The molecule has 0 bridgehead atoms. The summed E-state index contributed by atoms with van der Waals surface area (Å²) in [5.41, 5.74) is 0.749. The number of nitrogens with zero attached hydrogens (tertiary/aromatic N) is 1. The van der Waals surface area contributed by atoms with Gasteiger partial charge in [0, 0.05) is 18.5 Å². The minimum atomic E-state index is 0.0736. The zero-order valence-corrected chi connectivity index (χ0v) is 12.8. The number of amides is 1. The number of rotatable bonds is 2. The zero-order chi connectivity index (χ0) is 12.4. The van der Waals surface area contributed by atoms with Gasteiger partial charge in [0.05, 0.1) is 14.7 Å². The highest BCUT2D eigenvalue weighted by Crippen LogP contribution is 2.28. The van der Waals surface area contributed by atoms with Crippen molar-refractivity contribution < 1.29 is 4.79 Å². The Hall–Kier alpha value is -0.0600. The van der Waals surface area contributed by atoms with Crippen LogP contribution in [0.5, 0.6) is 0 Å². The van der Waals surface area contributed by atoms with Crippen LogP contribution in [-0.4, -0.2) is 29.3 Å². The van der Waals surface area contributed by atoms with Crippen LogP contribution in [0.1, 0.15) is 36.0 Å². The molecule has 17 heavy (non-hydrogen) atoms. The van der Waals surface area contributed by atoms with Crippen molar-refractivity contribution in [1.82, 2.24) is 4.90 Å². The van der Waals surface area contributed by atoms with Crippen LogP contribution in [0.4, 0.5) is 0 Å². The number of hydrogen-bond acceptors (Lipinski definition) is 2. The van der Waals surface area contributed by atoms with Crippen molar-refractivity contribution in [1.29, 1.82) is 0 Å². The van der Waals surface area contributed by atoms with Gasteiger partial charge in [-0.1, -0.05) is 12.8 Å². The van der Waals surface area contributed by atoms with Crippen LogP contribution in [0.15, 0.2) is 15.2 Å². The summed E-state index contributed by atoms with van der Waals surface area (Å²) in [6, 6.07) is 2.05. The van der Waals surface area contributed by atoms with Crippen LogP contribution in [0.3, 0.4) is 0 Å². The van der Waals surface area contributed by atoms with Crippen molar-refractivity contribution in [3.8, 4) is 0 Å². The smallest absolute Gasteiger partial charge is 0.254 e. The highest BCUT2D eigenvalue weighted by Gasteiger charge is 2.30. The highest BCUT2D eigenvalue weighted by molar-refractivity contribution is 9.11. The fourth-order valence-electron chi connectivity index (χ4n) is 2.28. The minimum Gasteiger partial charge on any atom is -0.337 e. The molecule has 0 N–H and O–H groups in total. The van der Waals surface area contributed by atoms with Crippen LogP contribution in [-0.2, 0) is 0 Å². The van der Waals surface area contributed by atoms with Gasteiger partial charge < -0.3 is 4.90 Å². The lowest BCUT2D eigenvalue weighted by molar-refractivity contribution is 0.0701. The molecule has 0 aliphatic heterocycles. The van der Waals surface area contributed by atoms with E-state index in [2.05, 4.69) is 15.9 Å². The van der Waals surface area contributed by atoms with Crippen LogP contribution in [0.25, 0.3) is 0 Å². The van der Waals surface area contributed by atoms with Crippen LogP contribution < -0.4 is 0 Å². The van der Waals surface area contributed by atoms with Crippen molar-refractivity contribution in [2.24, 2.45) is 0 Å². The van der Waals surface area contributed by atoms with Gasteiger partial charge in [0.2, 0.25) is 0 Å². The number of carbonyl (C=O) groups is 1. The van der Waals surface area contributed by atoms with Gasteiger partial charge in [-0.3, -0.25) is 4.79 Å². The first-order chi connectivity index (χ1) is 8.09. The molecule has 0 spiro atoms. The normalized spacial score (nSPS) is 24.6. The van der Waals surface area contributed by atoms with Crippen LogP contribution in [0, 0.1) is 0 Å². The molecule has 1 saturated carbocycles. The van der Waals surface area contributed by atoms with Crippen molar-refractivity contribution >= 4 is 44.8 Å². The van der Waals surface area contributed by atoms with Crippen LogP contribution in [0.2, 0.25) is 0 Å². The second-order valence-corrected chi connectivity index (χ2v) is 7.27. The second-order valence-electron chi connectivity index (χ2n) is 4.42. The first-order valence-corrected chi connectivity index (χ1v) is 7.86. The van der Waals surface area contributed by atoms with E-state index in [1.165, 1.54) is 24.2 Å². The second kappa shape index (κ2) is 5.72. The molecular formula is C12H15BrClNOS. The Morgan fingerprint density at radius 3 is 2.82 bits per heavy atom. The van der Waals surface area contributed by atoms with Gasteiger partial charge in [-0.2, -0.15) is 0 Å². The van der Waals surface area contributed by atoms with E-state index in [-0.39, 0.29) is 17.3 Å². The molecule has 2 nitrogen and oxygen atoms in total. The Labute approximate surface area is 119 Å². The number of carbonyl (C=O) groups excluding carboxylic acids is 1. The fourth-order valence-corrected chi connectivity index (χ4v) is 3.86. The summed E-state index contributed by atoms with van der Waals surface area (Å²) in [6.45, 7) is 0. The molecular weight excluding hydrogens is 322 g/mol. The van der Waals surface area contributed by atoms with Gasteiger partial charge in [0.25, 0.3) is 5.91 Å². The number of hydrogen-bond donors (Lipinski definition) is 0. The molecule has 1 aromatic rings. The molecule has 2 atom stereocenters. The molecule has 1 aliphatic rings. The van der Waals surface area contributed by atoms with Crippen molar-refractivity contribution in [3.63, 3.8) is 0 Å². The molecule has 0 saturated heterocycles. The monoisotopic (exact) mass is 335 g/mol. The molecule has 2 unspecified atom stereocenters. The molecule has 0 radical (unpaired) electrons. The largest absolute Gasteiger partial charge is 0.337 e. The molecule has 1 heterocycles. The molecule has 2 rings (SSSR count). The number of halogens is 2. The number of thiophene rings is 1. The molecule has 0 aromatic carbocycles. The molecule has 1 fully saturated rings. The third-order valence-corrected chi connectivity index (χ3v) is 5.29. The standard InChI is InChI=1S/C12H15BrClNOS/c1-15(10-5-3-2-4-9(10)14)12(16)8-6-11(13)17-7-8/h6-7,9-10H,2-5H2,1H3. The lowest BCUT2D eigenvalue weighted by Gasteiger charge is -2.34. The summed E-state index contributed by atoms with van der Waals surface area (Å²) in [6.07, 6.45) is 4.37. The highest BCUT2D eigenvalue weighted by atomic mass is 79.9. The molecule has 1 amide bonds. The first kappa shape index (κ1) is 13.4. The van der Waals surface area contributed by atoms with Crippen molar-refractivity contribution in [3.05, 3.63) is 20.8 Å². The average Bonchev–Trinajstić information content (AvgIpc) is 2.75. The summed E-state index contributed by atoms with van der Waals surface area (Å²) in [7, 11) is 1.86. The Morgan fingerprint density at radius 1 is 1.53 bits per heavy atom. The van der Waals surface area contributed by atoms with E-state index in [1.807, 2.05) is 23.4 Å². The summed E-state index contributed by atoms with van der Waals surface area (Å²) >= 11 is 11.2. The lowest BCUT2D eigenvalue weighted by atomic mass is 9.93. The maximum Gasteiger partial charge on any atom is 0.254 e. The summed E-state index contributed by atoms with van der Waals surface area (Å²) in [5, 5.41) is 1.98. The predicted molar refractivity (Wildman–Crippen MR) is 76.0 cm³/mol. The van der Waals surface area contributed by atoms with E-state index in [9.17, 15) is 4.79 Å². The van der Waals surface area contributed by atoms with Gasteiger partial charge >= 0.3 is 0 Å². The topological polar surface area (TPSA) is 20.3 Å². The van der Waals surface area contributed by atoms with Gasteiger partial charge in [-0.15, -0.1) is 22.9 Å². The van der Waals surface area contributed by atoms with Gasteiger partial charge in [0.15, 0.2) is 0 Å². The quantitative estimate of drug-likeness (QED) is 0.744. The zero-order valence-electron chi connectivity index (χ0n) is 9.66. The molecule has 5 heteroatoms. The Morgan fingerprint density at radius 2 is 2.24 bits per heavy atom. The maximum atomic E-state index is 12.3. The Bertz CT molecular complexity index is 409. The van der Waals surface area contributed by atoms with E-state index >= 15 is 0 Å². The van der Waals surface area contributed by atoms with Gasteiger partial charge in [-0.05, 0) is 34.8 Å². The van der Waals surface area contributed by atoms with Crippen molar-refractivity contribution in [2.45, 2.75) is 37.1 Å². The third-order valence-electron chi connectivity index (χ3n) is 3.28. The molecule has 1 aliphatic carbocycles. The molecule has 1 aromatic heterocycles. The Balaban J connectivity index is 2.08. The molecule has 94 valence electrons. The predicted octanol–water partition coefficient (Wildman–Crippen LogP) is 4.13. The van der Waals surface area contributed by atoms with E-state index in [0.717, 1.165) is 22.2 Å². The lowest BCUT2D eigenvalue weighted by Crippen LogP contribution is -2.44. The minimum absolute atomic E-state index is 0.0736. The summed E-state index contributed by atoms with van der Waals surface area (Å²) < 4.78 is 0.986. The van der Waals surface area contributed by atoms with E-state index in [4.69, 9.17) is 11.6 Å². The first-order valence-electron chi connectivity index (χ1n) is 5.75. The third kappa shape index (κ3) is 3.04. The van der Waals surface area contributed by atoms with Gasteiger partial charge in [0.1, 0.15) is 0 Å². The Kier molecular flexibility index (Phi) is 4.50. The van der Waals surface area contributed by atoms with E-state index in [0.29, 0.717) is 0 Å². The fraction of sp³-hybridized carbons (Fsp3) is 0.583. The number of alkyl halides is 1. The average molecular weight is 337 g/mol. The van der Waals surface area contributed by atoms with Crippen LogP contribution >= 0.6 is 38.9 Å². The maximum absolute atomic E-state index is 12.3. The summed E-state index contributed by atoms with van der Waals surface area (Å²) in [5.74, 6) is 0.0736.